The van der Waals surface area contributed by atoms with Gasteiger partial charge in [0.05, 0.1) is 34.7 Å². The van der Waals surface area contributed by atoms with Gasteiger partial charge in [0, 0.05) is 145 Å². The molecule has 0 aromatic heterocycles. The number of ketones is 1. The fourth-order valence-electron chi connectivity index (χ4n) is 9.03. The van der Waals surface area contributed by atoms with Crippen molar-refractivity contribution in [2.24, 2.45) is 22.7 Å². The van der Waals surface area contributed by atoms with Crippen molar-refractivity contribution in [1.82, 2.24) is 4.90 Å². The van der Waals surface area contributed by atoms with Crippen LogP contribution in [0.1, 0.15) is 66.2 Å². The summed E-state index contributed by atoms with van der Waals surface area (Å²) < 4.78 is 13.6. The average molecular weight is 902 g/mol. The summed E-state index contributed by atoms with van der Waals surface area (Å²) in [5.74, 6) is 82.1. The van der Waals surface area contributed by atoms with Crippen LogP contribution in [-0.4, -0.2) is 64.6 Å². The van der Waals surface area contributed by atoms with Gasteiger partial charge in [-0.1, -0.05) is 13.8 Å². The third-order valence-electron chi connectivity index (χ3n) is 12.4. The van der Waals surface area contributed by atoms with Crippen LogP contribution in [0.4, 0.5) is 0 Å². The Kier molecular flexibility index (Phi) is 18.8. The second kappa shape index (κ2) is 25.7. The zero-order valence-corrected chi connectivity index (χ0v) is 39.6. The van der Waals surface area contributed by atoms with Crippen molar-refractivity contribution in [1.29, 1.82) is 0 Å². The maximum atomic E-state index is 14.2. The van der Waals surface area contributed by atoms with Gasteiger partial charge in [0.25, 0.3) is 0 Å². The Morgan fingerprint density at radius 1 is 0.557 bits per heavy atom. The minimum atomic E-state index is -0.417. The molecule has 6 heteroatoms. The van der Waals surface area contributed by atoms with Crippen LogP contribution < -0.4 is 0 Å². The Bertz CT molecular complexity index is 3560. The monoisotopic (exact) mass is 901 g/mol. The summed E-state index contributed by atoms with van der Waals surface area (Å²) in [6.45, 7) is 8.60. The molecule has 330 valence electrons. The number of rotatable bonds is 4. The van der Waals surface area contributed by atoms with E-state index in [9.17, 15) is 9.90 Å². The number of carbonyl (C=O) groups excluding carboxylic acids is 1. The van der Waals surface area contributed by atoms with Crippen molar-refractivity contribution in [3.05, 3.63) is 34.8 Å². The van der Waals surface area contributed by atoms with Crippen molar-refractivity contribution in [2.75, 3.05) is 14.2 Å². The van der Waals surface area contributed by atoms with Crippen molar-refractivity contribution in [2.45, 2.75) is 90.5 Å². The lowest BCUT2D eigenvalue weighted by atomic mass is 9.67. The molecule has 0 amide bonds. The number of fused-ring (bicyclic) bond motifs is 2. The quantitative estimate of drug-likeness (QED) is 0.254. The van der Waals surface area contributed by atoms with Crippen LogP contribution in [0.3, 0.4) is 0 Å². The molecule has 0 aromatic rings. The Morgan fingerprint density at radius 3 is 1.41 bits per heavy atom. The average Bonchev–Trinajstić information content (AvgIpc) is 3.70. The summed E-state index contributed by atoms with van der Waals surface area (Å²) in [7, 11) is 3.48. The highest BCUT2D eigenvalue weighted by Crippen LogP contribution is 2.54. The van der Waals surface area contributed by atoms with Gasteiger partial charge in [-0.3, -0.25) is 4.79 Å². The molecule has 6 atom stereocenters. The third-order valence-corrected chi connectivity index (χ3v) is 12.4. The maximum absolute atomic E-state index is 14.2. The van der Waals surface area contributed by atoms with Crippen molar-refractivity contribution >= 4 is 11.5 Å². The first-order chi connectivity index (χ1) is 34.0. The van der Waals surface area contributed by atoms with E-state index in [4.69, 9.17) is 22.3 Å². The zero-order chi connectivity index (χ0) is 50.2. The smallest absolute Gasteiger partial charge is 0.237 e. The first kappa shape index (κ1) is 51.1. The molecule has 2 saturated carbocycles. The van der Waals surface area contributed by atoms with E-state index in [1.54, 1.807) is 26.4 Å². The fraction of sp³-hybridized carbons (Fsp3) is 0.312. The van der Waals surface area contributed by atoms with Crippen molar-refractivity contribution < 1.29 is 24.0 Å². The fourth-order valence-corrected chi connectivity index (χ4v) is 9.03. The van der Waals surface area contributed by atoms with Crippen LogP contribution >= 0.6 is 0 Å². The highest BCUT2D eigenvalue weighted by atomic mass is 16.5. The van der Waals surface area contributed by atoms with E-state index in [-0.39, 0.29) is 58.8 Å². The Hall–Kier alpha value is -9.84. The Balaban J connectivity index is 1.43. The van der Waals surface area contributed by atoms with Gasteiger partial charge in [-0.2, -0.15) is 0 Å². The van der Waals surface area contributed by atoms with Gasteiger partial charge in [0.2, 0.25) is 11.8 Å². The van der Waals surface area contributed by atoms with Gasteiger partial charge in [0.1, 0.15) is 5.76 Å². The third kappa shape index (κ3) is 13.2. The molecule has 1 N–H and O–H groups in total. The first-order valence-corrected chi connectivity index (χ1v) is 21.9. The molecule has 3 aliphatic carbocycles. The van der Waals surface area contributed by atoms with Crippen molar-refractivity contribution in [3.63, 3.8) is 0 Å². The van der Waals surface area contributed by atoms with Crippen LogP contribution in [0.2, 0.25) is 0 Å². The molecule has 6 unspecified atom stereocenters. The van der Waals surface area contributed by atoms with E-state index in [2.05, 4.69) is 229 Å². The van der Waals surface area contributed by atoms with Gasteiger partial charge in [-0.05, 0) is 153 Å². The van der Waals surface area contributed by atoms with E-state index in [0.29, 0.717) is 0 Å². The van der Waals surface area contributed by atoms with Gasteiger partial charge < -0.3 is 19.5 Å². The molecule has 70 heavy (non-hydrogen) atoms. The zero-order valence-electron chi connectivity index (χ0n) is 39.6. The number of likely N-dealkylation sites (tertiary alicyclic amines) is 1. The first-order valence-electron chi connectivity index (χ1n) is 21.9. The molecule has 3 fully saturated rings. The van der Waals surface area contributed by atoms with Crippen LogP contribution in [0.15, 0.2) is 34.8 Å². The van der Waals surface area contributed by atoms with Gasteiger partial charge >= 0.3 is 0 Å². The number of allylic oxidation sites excluding steroid dienone is 5. The number of Topliss-reactive ketones (excluding diaryl/α,β-unsaturated/α-hetero) is 1. The molecule has 5 aliphatic rings. The van der Waals surface area contributed by atoms with Crippen LogP contribution in [0, 0.1) is 237 Å². The highest BCUT2D eigenvalue weighted by molar-refractivity contribution is 6.23. The molecule has 0 radical (unpaired) electrons. The molecular weight excluding hydrogens is 861 g/mol. The minimum absolute atomic E-state index is 0.0521. The predicted molar refractivity (Wildman–Crippen MR) is 271 cm³/mol. The Morgan fingerprint density at radius 2 is 0.971 bits per heavy atom. The standard InChI is InChI=1S/C64H40N2O4/c1-9-11-13-15-17-19-21-23-25-27-29-31-33-35-37-39-45-65-57-43-41-51(69-7)47-55(57)63(3,4)59(65)49-53-61(67)54(62(53)68)50-60-64(5,6)56-48-52(70-8)42-44-58(56)66(60)46-40-38-36-34-32-30-28-26-24-22-20-18-16-14-12-10-2/h1-2,49-52,55-58H,41-44,47-48H2,3-8H3/p+1. The molecule has 5 rings (SSSR count). The van der Waals surface area contributed by atoms with Gasteiger partial charge in [0.15, 0.2) is 11.8 Å². The van der Waals surface area contributed by atoms with Crippen LogP contribution in [0.5, 0.6) is 0 Å². The molecule has 2 aliphatic heterocycles. The molecule has 2 heterocycles. The topological polar surface area (TPSA) is 62.0 Å². The predicted octanol–water partition coefficient (Wildman–Crippen LogP) is 4.63. The van der Waals surface area contributed by atoms with E-state index in [1.807, 2.05) is 9.48 Å². The minimum Gasteiger partial charge on any atom is -0.506 e. The number of terminal acetylenes is 2. The molecule has 1 saturated heterocycles. The summed E-state index contributed by atoms with van der Waals surface area (Å²) in [6, 6.07) is 6.60. The SMILES string of the molecule is C#CC#CC#CC#CC#CC#CC#CC#CC#CN1C(=CC2=C(O)C(=CC3=[N+](C#CC#CC#CC#CC#CC#CC#CC#CC#C)C4CCC(OC)CC4C3(C)C)C2=O)C(C)(C)C2CC(OC)CCC21. The maximum Gasteiger partial charge on any atom is 0.237 e. The van der Waals surface area contributed by atoms with E-state index in [0.717, 1.165) is 49.9 Å². The van der Waals surface area contributed by atoms with E-state index < -0.39 is 10.8 Å². The second-order valence-corrected chi connectivity index (χ2v) is 16.7. The number of aliphatic hydroxyl groups excluding tert-OH is 1. The lowest BCUT2D eigenvalue weighted by molar-refractivity contribution is -0.483. The number of hydrogen-bond donors (Lipinski definition) is 1. The van der Waals surface area contributed by atoms with E-state index >= 15 is 0 Å². The number of aliphatic hydroxyl groups is 1. The molecule has 0 aromatic carbocycles. The van der Waals surface area contributed by atoms with Crippen LogP contribution in [0.25, 0.3) is 0 Å². The van der Waals surface area contributed by atoms with Gasteiger partial charge in [-0.25, -0.2) is 0 Å². The Labute approximate surface area is 415 Å². The largest absolute Gasteiger partial charge is 0.506 e. The summed E-state index contributed by atoms with van der Waals surface area (Å²) >= 11 is 0. The summed E-state index contributed by atoms with van der Waals surface area (Å²) in [5, 5.41) is 11.7. The summed E-state index contributed by atoms with van der Waals surface area (Å²) in [4.78, 5) is 16.2. The summed E-state index contributed by atoms with van der Waals surface area (Å²) in [5.41, 5.74) is 1.27. The van der Waals surface area contributed by atoms with Crippen molar-refractivity contribution in [3.8, 4) is 214 Å². The van der Waals surface area contributed by atoms with Gasteiger partial charge in [-0.15, -0.1) is 17.4 Å². The number of nitrogens with zero attached hydrogens (tertiary/aromatic N) is 2. The molecule has 0 bridgehead atoms. The molecule has 6 nitrogen and oxygen atoms in total. The molecular formula is C64H41N2O4+. The molecule has 0 spiro atoms. The second-order valence-electron chi connectivity index (χ2n) is 16.7. The number of ether oxygens (including phenoxy) is 2. The number of methoxy groups -OCH3 is 2. The number of hydrogen-bond acceptors (Lipinski definition) is 5. The number of carbonyl (C=O) groups is 1. The lowest BCUT2D eigenvalue weighted by Crippen LogP contribution is -2.39. The van der Waals surface area contributed by atoms with Crippen LogP contribution in [-0.2, 0) is 14.3 Å². The highest BCUT2D eigenvalue weighted by Gasteiger charge is 2.57. The summed E-state index contributed by atoms with van der Waals surface area (Å²) in [6.07, 6.45) is 18.9. The lowest BCUT2D eigenvalue weighted by Gasteiger charge is -2.36. The van der Waals surface area contributed by atoms with E-state index in [1.165, 1.54) is 0 Å². The normalized spacial score (nSPS) is 22.3.